The summed E-state index contributed by atoms with van der Waals surface area (Å²) in [6.45, 7) is 2.33. The maximum Gasteiger partial charge on any atom is 0.287 e. The van der Waals surface area contributed by atoms with E-state index in [2.05, 4.69) is 26.6 Å². The summed E-state index contributed by atoms with van der Waals surface area (Å²) in [5.41, 5.74) is 0.628. The van der Waals surface area contributed by atoms with E-state index in [0.29, 0.717) is 17.0 Å². The van der Waals surface area contributed by atoms with E-state index >= 15 is 0 Å². The normalized spacial score (nSPS) is 10.1. The first kappa shape index (κ1) is 16.1. The Morgan fingerprint density at radius 2 is 1.91 bits per heavy atom. The molecule has 0 bridgehead atoms. The van der Waals surface area contributed by atoms with Crippen LogP contribution in [0, 0.1) is 0 Å². The summed E-state index contributed by atoms with van der Waals surface area (Å²) in [4.78, 5) is 23.5. The van der Waals surface area contributed by atoms with Gasteiger partial charge >= 0.3 is 0 Å². The van der Waals surface area contributed by atoms with Crippen LogP contribution in [-0.4, -0.2) is 25.0 Å². The molecule has 116 valence electrons. The molecule has 6 nitrogen and oxygen atoms in total. The van der Waals surface area contributed by atoms with Crippen molar-refractivity contribution in [2.24, 2.45) is 0 Å². The van der Waals surface area contributed by atoms with Gasteiger partial charge in [-0.15, -0.1) is 0 Å². The standard InChI is InChI=1S/C15H15BrN2O4/c1-2-21-11-5-3-10(4-6-11)18-14(19)9-17-15(20)12-7-8-13(16)22-12/h3-8H,2,9H2,1H3,(H,17,20)(H,18,19). The summed E-state index contributed by atoms with van der Waals surface area (Å²) < 4.78 is 10.9. The number of carbonyl (C=O) groups is 2. The molecule has 22 heavy (non-hydrogen) atoms. The average molecular weight is 367 g/mol. The summed E-state index contributed by atoms with van der Waals surface area (Å²) >= 11 is 3.11. The number of rotatable bonds is 6. The van der Waals surface area contributed by atoms with E-state index in [9.17, 15) is 9.59 Å². The molecule has 1 aromatic carbocycles. The second-order valence-electron chi connectivity index (χ2n) is 4.29. The smallest absolute Gasteiger partial charge is 0.287 e. The number of benzene rings is 1. The lowest BCUT2D eigenvalue weighted by molar-refractivity contribution is -0.115. The van der Waals surface area contributed by atoms with E-state index in [-0.39, 0.29) is 18.2 Å². The minimum atomic E-state index is -0.451. The first-order chi connectivity index (χ1) is 10.6. The number of ether oxygens (including phenoxy) is 1. The minimum absolute atomic E-state index is 0.140. The Morgan fingerprint density at radius 3 is 2.50 bits per heavy atom. The van der Waals surface area contributed by atoms with Gasteiger partial charge in [-0.2, -0.15) is 0 Å². The molecule has 0 fully saturated rings. The molecule has 0 aliphatic rings. The predicted molar refractivity (Wildman–Crippen MR) is 85.0 cm³/mol. The van der Waals surface area contributed by atoms with Gasteiger partial charge in [0, 0.05) is 5.69 Å². The first-order valence-corrected chi connectivity index (χ1v) is 7.44. The number of nitrogens with one attached hydrogen (secondary N) is 2. The zero-order chi connectivity index (χ0) is 15.9. The molecule has 1 aromatic heterocycles. The van der Waals surface area contributed by atoms with Crippen LogP contribution in [0.4, 0.5) is 5.69 Å². The average Bonchev–Trinajstić information content (AvgIpc) is 2.94. The Kier molecular flexibility index (Phi) is 5.60. The van der Waals surface area contributed by atoms with Crippen LogP contribution in [0.25, 0.3) is 0 Å². The first-order valence-electron chi connectivity index (χ1n) is 6.64. The van der Waals surface area contributed by atoms with Gasteiger partial charge in [-0.3, -0.25) is 9.59 Å². The number of hydrogen-bond acceptors (Lipinski definition) is 4. The van der Waals surface area contributed by atoms with Crippen molar-refractivity contribution in [2.45, 2.75) is 6.92 Å². The molecule has 0 spiro atoms. The minimum Gasteiger partial charge on any atom is -0.494 e. The molecule has 0 saturated carbocycles. The van der Waals surface area contributed by atoms with Crippen LogP contribution in [0.1, 0.15) is 17.5 Å². The van der Waals surface area contributed by atoms with Gasteiger partial charge in [0.2, 0.25) is 5.91 Å². The number of furan rings is 1. The molecule has 2 N–H and O–H groups in total. The molecule has 0 unspecified atom stereocenters. The fourth-order valence-electron chi connectivity index (χ4n) is 1.69. The second kappa shape index (κ2) is 7.65. The fourth-order valence-corrected chi connectivity index (χ4v) is 2.00. The Balaban J connectivity index is 1.81. The van der Waals surface area contributed by atoms with Crippen molar-refractivity contribution < 1.29 is 18.7 Å². The molecule has 1 heterocycles. The molecule has 2 rings (SSSR count). The van der Waals surface area contributed by atoms with Gasteiger partial charge in [-0.25, -0.2) is 0 Å². The van der Waals surface area contributed by atoms with Crippen LogP contribution in [0.3, 0.4) is 0 Å². The lowest BCUT2D eigenvalue weighted by Crippen LogP contribution is -2.32. The van der Waals surface area contributed by atoms with Crippen LogP contribution >= 0.6 is 15.9 Å². The zero-order valence-electron chi connectivity index (χ0n) is 11.9. The van der Waals surface area contributed by atoms with Gasteiger partial charge in [-0.1, -0.05) is 0 Å². The number of carbonyl (C=O) groups excluding carboxylic acids is 2. The van der Waals surface area contributed by atoms with Crippen molar-refractivity contribution in [3.63, 3.8) is 0 Å². The fraction of sp³-hybridized carbons (Fsp3) is 0.200. The van der Waals surface area contributed by atoms with Gasteiger partial charge in [0.1, 0.15) is 5.75 Å². The summed E-state index contributed by atoms with van der Waals surface area (Å²) in [6.07, 6.45) is 0. The van der Waals surface area contributed by atoms with Crippen LogP contribution in [0.5, 0.6) is 5.75 Å². The molecule has 0 radical (unpaired) electrons. The summed E-state index contributed by atoms with van der Waals surface area (Å²) in [5.74, 6) is 0.0913. The van der Waals surface area contributed by atoms with Gasteiger partial charge in [0.25, 0.3) is 5.91 Å². The zero-order valence-corrected chi connectivity index (χ0v) is 13.5. The highest BCUT2D eigenvalue weighted by atomic mass is 79.9. The quantitative estimate of drug-likeness (QED) is 0.823. The highest BCUT2D eigenvalue weighted by Gasteiger charge is 2.11. The van der Waals surface area contributed by atoms with E-state index in [4.69, 9.17) is 9.15 Å². The van der Waals surface area contributed by atoms with Crippen molar-refractivity contribution in [1.82, 2.24) is 5.32 Å². The maximum absolute atomic E-state index is 11.8. The lowest BCUT2D eigenvalue weighted by Gasteiger charge is -2.07. The van der Waals surface area contributed by atoms with Crippen molar-refractivity contribution in [2.75, 3.05) is 18.5 Å². The van der Waals surface area contributed by atoms with E-state index < -0.39 is 5.91 Å². The Hall–Kier alpha value is -2.28. The topological polar surface area (TPSA) is 80.6 Å². The lowest BCUT2D eigenvalue weighted by atomic mass is 10.3. The largest absolute Gasteiger partial charge is 0.494 e. The SMILES string of the molecule is CCOc1ccc(NC(=O)CNC(=O)c2ccc(Br)o2)cc1. The van der Waals surface area contributed by atoms with Crippen LogP contribution in [0.15, 0.2) is 45.5 Å². The Bertz CT molecular complexity index is 652. The van der Waals surface area contributed by atoms with Gasteiger partial charge in [-0.05, 0) is 59.3 Å². The maximum atomic E-state index is 11.8. The van der Waals surface area contributed by atoms with Crippen molar-refractivity contribution in [3.8, 4) is 5.75 Å². The molecular weight excluding hydrogens is 352 g/mol. The van der Waals surface area contributed by atoms with Gasteiger partial charge < -0.3 is 19.8 Å². The van der Waals surface area contributed by atoms with Crippen LogP contribution in [0.2, 0.25) is 0 Å². The van der Waals surface area contributed by atoms with E-state index in [1.807, 2.05) is 6.92 Å². The molecule has 0 aliphatic heterocycles. The van der Waals surface area contributed by atoms with Crippen molar-refractivity contribution in [3.05, 3.63) is 46.8 Å². The predicted octanol–water partition coefficient (Wildman–Crippen LogP) is 2.81. The third-order valence-corrected chi connectivity index (χ3v) is 3.08. The highest BCUT2D eigenvalue weighted by molar-refractivity contribution is 9.10. The Labute approximate surface area is 136 Å². The number of hydrogen-bond donors (Lipinski definition) is 2. The number of amides is 2. The third-order valence-electron chi connectivity index (χ3n) is 2.66. The van der Waals surface area contributed by atoms with Crippen molar-refractivity contribution in [1.29, 1.82) is 0 Å². The summed E-state index contributed by atoms with van der Waals surface area (Å²) in [5, 5.41) is 5.15. The molecule has 2 amide bonds. The highest BCUT2D eigenvalue weighted by Crippen LogP contribution is 2.15. The molecule has 0 saturated heterocycles. The third kappa shape index (κ3) is 4.63. The summed E-state index contributed by atoms with van der Waals surface area (Å²) in [6, 6.07) is 10.1. The van der Waals surface area contributed by atoms with E-state index in [1.165, 1.54) is 6.07 Å². The molecule has 2 aromatic rings. The van der Waals surface area contributed by atoms with E-state index in [1.54, 1.807) is 30.3 Å². The van der Waals surface area contributed by atoms with E-state index in [0.717, 1.165) is 5.75 Å². The second-order valence-corrected chi connectivity index (χ2v) is 5.07. The Morgan fingerprint density at radius 1 is 1.18 bits per heavy atom. The molecule has 0 aliphatic carbocycles. The van der Waals surface area contributed by atoms with Crippen LogP contribution in [-0.2, 0) is 4.79 Å². The van der Waals surface area contributed by atoms with Crippen molar-refractivity contribution >= 4 is 33.4 Å². The molecule has 7 heteroatoms. The van der Waals surface area contributed by atoms with Gasteiger partial charge in [0.05, 0.1) is 13.2 Å². The monoisotopic (exact) mass is 366 g/mol. The van der Waals surface area contributed by atoms with Crippen LogP contribution < -0.4 is 15.4 Å². The molecular formula is C15H15BrN2O4. The molecule has 0 atom stereocenters. The number of halogens is 1. The summed E-state index contributed by atoms with van der Waals surface area (Å²) in [7, 11) is 0. The van der Waals surface area contributed by atoms with Gasteiger partial charge in [0.15, 0.2) is 10.4 Å². The number of anilines is 1.